The summed E-state index contributed by atoms with van der Waals surface area (Å²) in [6, 6.07) is 5.77. The molecule has 0 atom stereocenters. The number of sulfonamides is 1. The predicted octanol–water partition coefficient (Wildman–Crippen LogP) is 3.97. The monoisotopic (exact) mass is 409 g/mol. The summed E-state index contributed by atoms with van der Waals surface area (Å²) >= 11 is 10.0. The number of anilines is 1. The Hall–Kier alpha value is -1.09. The summed E-state index contributed by atoms with van der Waals surface area (Å²) in [5.41, 5.74) is 0.297. The molecule has 1 aromatic heterocycles. The van der Waals surface area contributed by atoms with E-state index in [0.717, 1.165) is 17.4 Å². The fourth-order valence-electron chi connectivity index (χ4n) is 1.61. The van der Waals surface area contributed by atoms with Crippen LogP contribution in [0, 0.1) is 6.92 Å². The highest BCUT2D eigenvalue weighted by Crippen LogP contribution is 2.30. The van der Waals surface area contributed by atoms with Crippen molar-refractivity contribution >= 4 is 60.5 Å². The maximum absolute atomic E-state index is 12.3. The first-order valence-electron chi connectivity index (χ1n) is 5.52. The number of carboxylic acid groups (broad SMARTS) is 1. The molecule has 1 aromatic carbocycles. The van der Waals surface area contributed by atoms with E-state index < -0.39 is 16.0 Å². The number of halogens is 2. The lowest BCUT2D eigenvalue weighted by Crippen LogP contribution is -2.13. The molecule has 0 fully saturated rings. The molecule has 0 saturated carbocycles. The third-order valence-electron chi connectivity index (χ3n) is 2.54. The summed E-state index contributed by atoms with van der Waals surface area (Å²) in [5.74, 6) is -1.16. The third kappa shape index (κ3) is 3.57. The SMILES string of the molecule is Cc1sc(C(=O)O)cc1S(=O)(=O)Nc1ccc(Br)c(Cl)c1. The predicted molar refractivity (Wildman–Crippen MR) is 86.0 cm³/mol. The zero-order chi connectivity index (χ0) is 15.8. The number of nitrogens with one attached hydrogen (secondary N) is 1. The minimum atomic E-state index is -3.86. The van der Waals surface area contributed by atoms with Crippen molar-refractivity contribution in [2.24, 2.45) is 0 Å². The standard InChI is InChI=1S/C12H9BrClNO4S2/c1-6-11(5-10(20-6)12(16)17)21(18,19)15-7-2-3-8(13)9(14)4-7/h2-5,15H,1H3,(H,16,17). The summed E-state index contributed by atoms with van der Waals surface area (Å²) in [4.78, 5) is 11.2. The third-order valence-corrected chi connectivity index (χ3v) is 6.45. The molecule has 2 rings (SSSR count). The fraction of sp³-hybridized carbons (Fsp3) is 0.0833. The van der Waals surface area contributed by atoms with Gasteiger partial charge >= 0.3 is 5.97 Å². The van der Waals surface area contributed by atoms with Crippen LogP contribution >= 0.6 is 38.9 Å². The molecule has 21 heavy (non-hydrogen) atoms. The van der Waals surface area contributed by atoms with Gasteiger partial charge in [-0.05, 0) is 47.1 Å². The number of thiophene rings is 1. The lowest BCUT2D eigenvalue weighted by Gasteiger charge is -2.08. The molecule has 0 aliphatic rings. The van der Waals surface area contributed by atoms with Crippen molar-refractivity contribution in [1.82, 2.24) is 0 Å². The van der Waals surface area contributed by atoms with Crippen LogP contribution in [0.2, 0.25) is 5.02 Å². The molecular formula is C12H9BrClNO4S2. The van der Waals surface area contributed by atoms with Gasteiger partial charge in [0.25, 0.3) is 10.0 Å². The summed E-state index contributed by atoms with van der Waals surface area (Å²) in [6.45, 7) is 1.56. The van der Waals surface area contributed by atoms with E-state index in [2.05, 4.69) is 20.7 Å². The van der Waals surface area contributed by atoms with Gasteiger partial charge in [0.15, 0.2) is 0 Å². The number of hydrogen-bond acceptors (Lipinski definition) is 4. The number of aromatic carboxylic acids is 1. The smallest absolute Gasteiger partial charge is 0.345 e. The van der Waals surface area contributed by atoms with Crippen molar-refractivity contribution < 1.29 is 18.3 Å². The average molecular weight is 411 g/mol. The molecule has 112 valence electrons. The van der Waals surface area contributed by atoms with Crippen molar-refractivity contribution in [2.45, 2.75) is 11.8 Å². The highest BCUT2D eigenvalue weighted by Gasteiger charge is 2.22. The van der Waals surface area contributed by atoms with Crippen molar-refractivity contribution in [3.8, 4) is 0 Å². The van der Waals surface area contributed by atoms with Gasteiger partial charge in [0, 0.05) is 9.35 Å². The Morgan fingerprint density at radius 1 is 1.38 bits per heavy atom. The molecule has 0 amide bonds. The van der Waals surface area contributed by atoms with E-state index >= 15 is 0 Å². The molecule has 0 spiro atoms. The fourth-order valence-corrected chi connectivity index (χ4v) is 4.52. The summed E-state index contributed by atoms with van der Waals surface area (Å²) in [5, 5.41) is 9.28. The van der Waals surface area contributed by atoms with Crippen molar-refractivity contribution in [3.63, 3.8) is 0 Å². The van der Waals surface area contributed by atoms with Crippen LogP contribution in [0.3, 0.4) is 0 Å². The highest BCUT2D eigenvalue weighted by atomic mass is 79.9. The zero-order valence-electron chi connectivity index (χ0n) is 10.6. The first-order valence-corrected chi connectivity index (χ1v) is 8.99. The Morgan fingerprint density at radius 2 is 2.05 bits per heavy atom. The lowest BCUT2D eigenvalue weighted by atomic mass is 10.3. The maximum Gasteiger partial charge on any atom is 0.345 e. The molecule has 0 aliphatic carbocycles. The van der Waals surface area contributed by atoms with Crippen LogP contribution in [0.4, 0.5) is 5.69 Å². The van der Waals surface area contributed by atoms with Crippen LogP contribution in [0.5, 0.6) is 0 Å². The van der Waals surface area contributed by atoms with E-state index in [1.165, 1.54) is 6.07 Å². The molecule has 0 saturated heterocycles. The number of rotatable bonds is 4. The van der Waals surface area contributed by atoms with E-state index in [4.69, 9.17) is 16.7 Å². The molecule has 2 aromatic rings. The molecule has 0 radical (unpaired) electrons. The minimum absolute atomic E-state index is 0.0262. The van der Waals surface area contributed by atoms with Crippen LogP contribution < -0.4 is 4.72 Å². The number of benzene rings is 1. The van der Waals surface area contributed by atoms with Crippen LogP contribution in [0.15, 0.2) is 33.6 Å². The Balaban J connectivity index is 2.38. The van der Waals surface area contributed by atoms with Crippen molar-refractivity contribution in [1.29, 1.82) is 0 Å². The Labute approximate surface area is 138 Å². The van der Waals surface area contributed by atoms with E-state index in [9.17, 15) is 13.2 Å². The highest BCUT2D eigenvalue weighted by molar-refractivity contribution is 9.10. The second-order valence-corrected chi connectivity index (χ2v) is 8.24. The van der Waals surface area contributed by atoms with Gasteiger partial charge in [-0.15, -0.1) is 11.3 Å². The molecule has 0 unspecified atom stereocenters. The first-order chi connectivity index (χ1) is 9.70. The quantitative estimate of drug-likeness (QED) is 0.799. The molecule has 2 N–H and O–H groups in total. The molecule has 5 nitrogen and oxygen atoms in total. The minimum Gasteiger partial charge on any atom is -0.477 e. The number of aryl methyl sites for hydroxylation is 1. The summed E-state index contributed by atoms with van der Waals surface area (Å²) in [6.07, 6.45) is 0. The van der Waals surface area contributed by atoms with E-state index in [0.29, 0.717) is 20.1 Å². The zero-order valence-corrected chi connectivity index (χ0v) is 14.5. The molecular weight excluding hydrogens is 402 g/mol. The number of hydrogen-bond donors (Lipinski definition) is 2. The van der Waals surface area contributed by atoms with Gasteiger partial charge in [-0.1, -0.05) is 11.6 Å². The maximum atomic E-state index is 12.3. The Bertz CT molecular complexity index is 817. The van der Waals surface area contributed by atoms with Crippen LogP contribution in [0.25, 0.3) is 0 Å². The van der Waals surface area contributed by atoms with Crippen molar-refractivity contribution in [2.75, 3.05) is 4.72 Å². The normalized spacial score (nSPS) is 11.4. The topological polar surface area (TPSA) is 83.5 Å². The average Bonchev–Trinajstić information content (AvgIpc) is 2.77. The van der Waals surface area contributed by atoms with Gasteiger partial charge in [-0.3, -0.25) is 4.72 Å². The van der Waals surface area contributed by atoms with E-state index in [1.54, 1.807) is 19.1 Å². The largest absolute Gasteiger partial charge is 0.477 e. The summed E-state index contributed by atoms with van der Waals surface area (Å²) < 4.78 is 27.6. The van der Waals surface area contributed by atoms with Gasteiger partial charge in [0.05, 0.1) is 10.7 Å². The van der Waals surface area contributed by atoms with Gasteiger partial charge in [0.1, 0.15) is 9.77 Å². The molecule has 1 heterocycles. The van der Waals surface area contributed by atoms with Gasteiger partial charge in [-0.2, -0.15) is 0 Å². The van der Waals surface area contributed by atoms with E-state index in [-0.39, 0.29) is 9.77 Å². The first kappa shape index (κ1) is 16.3. The lowest BCUT2D eigenvalue weighted by molar-refractivity contribution is 0.0702. The second kappa shape index (κ2) is 5.96. The van der Waals surface area contributed by atoms with Crippen LogP contribution in [-0.4, -0.2) is 19.5 Å². The van der Waals surface area contributed by atoms with Crippen LogP contribution in [0.1, 0.15) is 14.5 Å². The molecule has 9 heteroatoms. The molecule has 0 bridgehead atoms. The van der Waals surface area contributed by atoms with Gasteiger partial charge in [-0.25, -0.2) is 13.2 Å². The number of carboxylic acids is 1. The van der Waals surface area contributed by atoms with Crippen molar-refractivity contribution in [3.05, 3.63) is 43.5 Å². The van der Waals surface area contributed by atoms with E-state index in [1.807, 2.05) is 0 Å². The Morgan fingerprint density at radius 3 is 2.57 bits per heavy atom. The van der Waals surface area contributed by atoms with Gasteiger partial charge in [0.2, 0.25) is 0 Å². The van der Waals surface area contributed by atoms with Gasteiger partial charge < -0.3 is 5.11 Å². The number of carbonyl (C=O) groups is 1. The van der Waals surface area contributed by atoms with Crippen LogP contribution in [-0.2, 0) is 10.0 Å². The second-order valence-electron chi connectivity index (χ2n) is 4.07. The molecule has 0 aliphatic heterocycles. The Kier molecular flexibility index (Phi) is 4.62. The summed E-state index contributed by atoms with van der Waals surface area (Å²) in [7, 11) is -3.86.